The van der Waals surface area contributed by atoms with Crippen LogP contribution in [0.25, 0.3) is 11.2 Å². The number of carbonyl (C=O) groups excluding carboxylic acids is 1. The van der Waals surface area contributed by atoms with Gasteiger partial charge >= 0.3 is 0 Å². The number of hydrogen-bond acceptors (Lipinski definition) is 7. The summed E-state index contributed by atoms with van der Waals surface area (Å²) in [4.78, 5) is 25.3. The first-order chi connectivity index (χ1) is 14.5. The number of nitrogens with zero attached hydrogens (tertiary/aromatic N) is 6. The molecule has 1 aromatic carbocycles. The minimum absolute atomic E-state index is 0.0709. The number of carbonyl (C=O) groups is 1. The predicted molar refractivity (Wildman–Crippen MR) is 112 cm³/mol. The van der Waals surface area contributed by atoms with E-state index < -0.39 is 0 Å². The largest absolute Gasteiger partial charge is 0.362 e. The molecule has 0 saturated heterocycles. The maximum atomic E-state index is 12.4. The van der Waals surface area contributed by atoms with Crippen molar-refractivity contribution >= 4 is 28.6 Å². The van der Waals surface area contributed by atoms with Crippen molar-refractivity contribution in [2.45, 2.75) is 13.0 Å². The first-order valence-corrected chi connectivity index (χ1v) is 9.22. The number of aryl methyl sites for hydroxylation is 1. The number of hydrogen-bond donors (Lipinski definition) is 2. The molecule has 2 N–H and O–H groups in total. The molecule has 4 aromatic rings. The van der Waals surface area contributed by atoms with E-state index in [4.69, 9.17) is 5.26 Å². The Bertz CT molecular complexity index is 1260. The lowest BCUT2D eigenvalue weighted by atomic mass is 10.1. The van der Waals surface area contributed by atoms with Gasteiger partial charge in [-0.15, -0.1) is 0 Å². The minimum Gasteiger partial charge on any atom is -0.362 e. The van der Waals surface area contributed by atoms with Gasteiger partial charge < -0.3 is 10.6 Å². The zero-order chi connectivity index (χ0) is 21.1. The summed E-state index contributed by atoms with van der Waals surface area (Å²) in [5.74, 6) is 0.342. The lowest BCUT2D eigenvalue weighted by Gasteiger charge is -2.16. The van der Waals surface area contributed by atoms with Crippen molar-refractivity contribution in [1.82, 2.24) is 24.7 Å². The molecule has 30 heavy (non-hydrogen) atoms. The highest BCUT2D eigenvalue weighted by Gasteiger charge is 2.11. The molecule has 0 radical (unpaired) electrons. The number of fused-ring (bicyclic) bond motifs is 1. The highest BCUT2D eigenvalue weighted by molar-refractivity contribution is 6.04. The molecular formula is C21H18N8O. The van der Waals surface area contributed by atoms with Crippen molar-refractivity contribution in [2.24, 2.45) is 7.05 Å². The smallest absolute Gasteiger partial charge is 0.257 e. The fourth-order valence-corrected chi connectivity index (χ4v) is 2.97. The van der Waals surface area contributed by atoms with Crippen LogP contribution in [-0.4, -0.2) is 30.6 Å². The Balaban J connectivity index is 1.48. The normalized spacial score (nSPS) is 11.6. The molecule has 1 amide bonds. The second kappa shape index (κ2) is 7.97. The van der Waals surface area contributed by atoms with Gasteiger partial charge in [-0.05, 0) is 36.8 Å². The summed E-state index contributed by atoms with van der Waals surface area (Å²) in [5, 5.41) is 19.1. The minimum atomic E-state index is -0.294. The number of nitrogens with one attached hydrogen (secondary N) is 2. The van der Waals surface area contributed by atoms with Crippen molar-refractivity contribution < 1.29 is 4.79 Å². The Hall–Kier alpha value is -4.32. The molecule has 9 heteroatoms. The van der Waals surface area contributed by atoms with Gasteiger partial charge in [-0.1, -0.05) is 12.1 Å². The molecule has 3 heterocycles. The van der Waals surface area contributed by atoms with E-state index in [0.29, 0.717) is 22.7 Å². The molecule has 0 aliphatic heterocycles. The van der Waals surface area contributed by atoms with Crippen LogP contribution >= 0.6 is 0 Å². The number of amides is 1. The molecule has 0 spiro atoms. The van der Waals surface area contributed by atoms with Crippen LogP contribution in [0.1, 0.15) is 34.6 Å². The van der Waals surface area contributed by atoms with E-state index in [-0.39, 0.29) is 17.6 Å². The maximum Gasteiger partial charge on any atom is 0.257 e. The fourth-order valence-electron chi connectivity index (χ4n) is 2.97. The van der Waals surface area contributed by atoms with E-state index in [1.807, 2.05) is 44.3 Å². The SMILES string of the molecule is C[C@H](Nc1cnc2cnn(C)c2n1)c1cccc(NC(=O)c2ccc(C#N)nc2)c1. The van der Waals surface area contributed by atoms with E-state index in [2.05, 4.69) is 30.7 Å². The monoisotopic (exact) mass is 398 g/mol. The van der Waals surface area contributed by atoms with Gasteiger partial charge in [-0.2, -0.15) is 10.4 Å². The van der Waals surface area contributed by atoms with Gasteiger partial charge in [0.15, 0.2) is 5.65 Å². The van der Waals surface area contributed by atoms with Crippen LogP contribution < -0.4 is 10.6 Å². The van der Waals surface area contributed by atoms with Gasteiger partial charge in [0.25, 0.3) is 5.91 Å². The van der Waals surface area contributed by atoms with Gasteiger partial charge in [0, 0.05) is 18.9 Å². The standard InChI is InChI=1S/C21H18N8O/c1-13(26-19-12-24-18-11-25-29(2)20(18)28-19)14-4-3-5-16(8-14)27-21(30)15-6-7-17(9-22)23-10-15/h3-8,10-13H,1-2H3,(H,26,28)(H,27,30)/t13-/m0/s1. The number of rotatable bonds is 5. The highest BCUT2D eigenvalue weighted by Crippen LogP contribution is 2.22. The molecular weight excluding hydrogens is 380 g/mol. The zero-order valence-electron chi connectivity index (χ0n) is 16.4. The van der Waals surface area contributed by atoms with Crippen molar-refractivity contribution in [3.63, 3.8) is 0 Å². The van der Waals surface area contributed by atoms with Crippen LogP contribution in [0.3, 0.4) is 0 Å². The molecule has 148 valence electrons. The molecule has 3 aromatic heterocycles. The molecule has 0 unspecified atom stereocenters. The zero-order valence-corrected chi connectivity index (χ0v) is 16.4. The van der Waals surface area contributed by atoms with Crippen molar-refractivity contribution in [2.75, 3.05) is 10.6 Å². The Labute approximate surface area is 172 Å². The van der Waals surface area contributed by atoms with E-state index in [0.717, 1.165) is 11.1 Å². The van der Waals surface area contributed by atoms with Crippen molar-refractivity contribution in [3.8, 4) is 6.07 Å². The number of nitriles is 1. The second-order valence-corrected chi connectivity index (χ2v) is 6.72. The van der Waals surface area contributed by atoms with Gasteiger partial charge in [0.1, 0.15) is 23.1 Å². The third-order valence-electron chi connectivity index (χ3n) is 4.59. The van der Waals surface area contributed by atoms with Crippen LogP contribution in [0.5, 0.6) is 0 Å². The van der Waals surface area contributed by atoms with E-state index in [9.17, 15) is 4.79 Å². The van der Waals surface area contributed by atoms with Crippen LogP contribution in [0.15, 0.2) is 55.0 Å². The average molecular weight is 398 g/mol. The van der Waals surface area contributed by atoms with Crippen LogP contribution in [0, 0.1) is 11.3 Å². The number of benzene rings is 1. The third-order valence-corrected chi connectivity index (χ3v) is 4.59. The molecule has 9 nitrogen and oxygen atoms in total. The average Bonchev–Trinajstić information content (AvgIpc) is 3.14. The summed E-state index contributed by atoms with van der Waals surface area (Å²) in [6.07, 6.45) is 4.73. The van der Waals surface area contributed by atoms with E-state index in [1.54, 1.807) is 23.1 Å². The van der Waals surface area contributed by atoms with Crippen LogP contribution in [0.4, 0.5) is 11.5 Å². The first-order valence-electron chi connectivity index (χ1n) is 9.22. The number of anilines is 2. The van der Waals surface area contributed by atoms with Gasteiger partial charge in [0.2, 0.25) is 0 Å². The van der Waals surface area contributed by atoms with Crippen LogP contribution in [0.2, 0.25) is 0 Å². The van der Waals surface area contributed by atoms with E-state index >= 15 is 0 Å². The Morgan fingerprint density at radius 2 is 2.03 bits per heavy atom. The number of aromatic nitrogens is 5. The summed E-state index contributed by atoms with van der Waals surface area (Å²) in [6.45, 7) is 2.00. The second-order valence-electron chi connectivity index (χ2n) is 6.72. The fraction of sp³-hybridized carbons (Fsp3) is 0.143. The van der Waals surface area contributed by atoms with E-state index in [1.165, 1.54) is 12.3 Å². The molecule has 0 fully saturated rings. The summed E-state index contributed by atoms with van der Waals surface area (Å²) in [6, 6.07) is 12.5. The van der Waals surface area contributed by atoms with Gasteiger partial charge in [0.05, 0.1) is 24.0 Å². The van der Waals surface area contributed by atoms with Crippen LogP contribution in [-0.2, 0) is 7.05 Å². The Kier molecular flexibility index (Phi) is 5.05. The summed E-state index contributed by atoms with van der Waals surface area (Å²) in [5.41, 5.74) is 3.70. The topological polar surface area (TPSA) is 121 Å². The summed E-state index contributed by atoms with van der Waals surface area (Å²) >= 11 is 0. The molecule has 0 bridgehead atoms. The molecule has 4 rings (SSSR count). The quantitative estimate of drug-likeness (QED) is 0.530. The lowest BCUT2D eigenvalue weighted by molar-refractivity contribution is 0.102. The molecule has 0 aliphatic carbocycles. The molecule has 1 atom stereocenters. The third kappa shape index (κ3) is 3.93. The number of pyridine rings is 1. The first kappa shape index (κ1) is 19.0. The predicted octanol–water partition coefficient (Wildman–Crippen LogP) is 3.06. The Morgan fingerprint density at radius 3 is 2.80 bits per heavy atom. The lowest BCUT2D eigenvalue weighted by Crippen LogP contribution is -2.13. The van der Waals surface area contributed by atoms with Crippen molar-refractivity contribution in [3.05, 3.63) is 71.8 Å². The highest BCUT2D eigenvalue weighted by atomic mass is 16.1. The summed E-state index contributed by atoms with van der Waals surface area (Å²) in [7, 11) is 1.82. The molecule has 0 saturated carbocycles. The summed E-state index contributed by atoms with van der Waals surface area (Å²) < 4.78 is 1.67. The van der Waals surface area contributed by atoms with Gasteiger partial charge in [-0.3, -0.25) is 4.79 Å². The van der Waals surface area contributed by atoms with Gasteiger partial charge in [-0.25, -0.2) is 19.6 Å². The molecule has 0 aliphatic rings. The van der Waals surface area contributed by atoms with Crippen molar-refractivity contribution in [1.29, 1.82) is 5.26 Å². The Morgan fingerprint density at radius 1 is 1.17 bits per heavy atom. The maximum absolute atomic E-state index is 12.4.